The summed E-state index contributed by atoms with van der Waals surface area (Å²) in [6, 6.07) is 25.1. The number of nitrogens with zero attached hydrogens (tertiary/aromatic N) is 1. The third-order valence-electron chi connectivity index (χ3n) is 4.46. The number of fused-ring (bicyclic) bond motifs is 1. The van der Waals surface area contributed by atoms with Crippen molar-refractivity contribution in [2.24, 2.45) is 0 Å². The van der Waals surface area contributed by atoms with E-state index in [4.69, 9.17) is 4.98 Å². The molecule has 0 aliphatic heterocycles. The standard InChI is InChI=1S/C23H17NO2/c1-15-12-13-19-18(14-15)21(23(25)26)20(16-8-4-2-5-9-16)22(24-19)17-10-6-3-7-11-17/h2-14H,1H3,(H,25,26). The zero-order valence-electron chi connectivity index (χ0n) is 14.3. The summed E-state index contributed by atoms with van der Waals surface area (Å²) < 4.78 is 0. The van der Waals surface area contributed by atoms with Gasteiger partial charge in [-0.15, -0.1) is 0 Å². The van der Waals surface area contributed by atoms with E-state index in [0.717, 1.165) is 16.7 Å². The van der Waals surface area contributed by atoms with Gasteiger partial charge in [0.05, 0.1) is 16.8 Å². The van der Waals surface area contributed by atoms with Gasteiger partial charge in [0.2, 0.25) is 0 Å². The summed E-state index contributed by atoms with van der Waals surface area (Å²) >= 11 is 0. The van der Waals surface area contributed by atoms with Crippen LogP contribution in [0.5, 0.6) is 0 Å². The lowest BCUT2D eigenvalue weighted by Gasteiger charge is -2.16. The lowest BCUT2D eigenvalue weighted by Crippen LogP contribution is -2.05. The highest BCUT2D eigenvalue weighted by Gasteiger charge is 2.22. The van der Waals surface area contributed by atoms with Crippen molar-refractivity contribution in [3.8, 4) is 22.4 Å². The molecule has 4 rings (SSSR count). The summed E-state index contributed by atoms with van der Waals surface area (Å²) in [5.41, 5.74) is 5.08. The molecular weight excluding hydrogens is 322 g/mol. The van der Waals surface area contributed by atoms with Crippen molar-refractivity contribution in [1.29, 1.82) is 0 Å². The van der Waals surface area contributed by atoms with E-state index in [1.165, 1.54) is 0 Å². The normalized spacial score (nSPS) is 10.8. The molecule has 0 fully saturated rings. The number of aromatic nitrogens is 1. The fraction of sp³-hybridized carbons (Fsp3) is 0.0435. The zero-order chi connectivity index (χ0) is 18.1. The highest BCUT2D eigenvalue weighted by molar-refractivity contribution is 6.11. The number of hydrogen-bond acceptors (Lipinski definition) is 2. The van der Waals surface area contributed by atoms with Crippen LogP contribution in [0.15, 0.2) is 78.9 Å². The van der Waals surface area contributed by atoms with Gasteiger partial charge >= 0.3 is 5.97 Å². The molecule has 0 aliphatic rings. The van der Waals surface area contributed by atoms with Gasteiger partial charge in [0.15, 0.2) is 0 Å². The number of pyridine rings is 1. The van der Waals surface area contributed by atoms with Gasteiger partial charge in [-0.3, -0.25) is 0 Å². The van der Waals surface area contributed by atoms with Crippen LogP contribution >= 0.6 is 0 Å². The highest BCUT2D eigenvalue weighted by Crippen LogP contribution is 2.37. The summed E-state index contributed by atoms with van der Waals surface area (Å²) in [6.45, 7) is 1.96. The predicted molar refractivity (Wildman–Crippen MR) is 104 cm³/mol. The molecule has 126 valence electrons. The highest BCUT2D eigenvalue weighted by atomic mass is 16.4. The third kappa shape index (κ3) is 2.74. The molecule has 3 nitrogen and oxygen atoms in total. The Balaban J connectivity index is 2.19. The van der Waals surface area contributed by atoms with Crippen LogP contribution < -0.4 is 0 Å². The molecule has 0 bridgehead atoms. The van der Waals surface area contributed by atoms with E-state index in [1.807, 2.05) is 85.8 Å². The second-order valence-electron chi connectivity index (χ2n) is 6.27. The Kier molecular flexibility index (Phi) is 3.98. The average Bonchev–Trinajstić information content (AvgIpc) is 2.67. The molecule has 0 unspecified atom stereocenters. The van der Waals surface area contributed by atoms with Gasteiger partial charge < -0.3 is 5.11 Å². The first kappa shape index (κ1) is 16.0. The summed E-state index contributed by atoms with van der Waals surface area (Å²) in [5.74, 6) is -0.945. The quantitative estimate of drug-likeness (QED) is 0.530. The van der Waals surface area contributed by atoms with Gasteiger partial charge in [-0.1, -0.05) is 72.3 Å². The Hall–Kier alpha value is -3.46. The number of benzene rings is 3. The molecule has 3 aromatic carbocycles. The molecule has 26 heavy (non-hydrogen) atoms. The molecule has 0 radical (unpaired) electrons. The maximum Gasteiger partial charge on any atom is 0.337 e. The Labute approximate surface area is 151 Å². The minimum atomic E-state index is -0.945. The topological polar surface area (TPSA) is 50.2 Å². The molecule has 0 saturated carbocycles. The molecule has 1 heterocycles. The van der Waals surface area contributed by atoms with Gasteiger partial charge in [0.25, 0.3) is 0 Å². The van der Waals surface area contributed by atoms with Crippen LogP contribution in [-0.2, 0) is 0 Å². The SMILES string of the molecule is Cc1ccc2nc(-c3ccccc3)c(-c3ccccc3)c(C(=O)O)c2c1. The maximum atomic E-state index is 12.3. The van der Waals surface area contributed by atoms with Gasteiger partial charge in [-0.05, 0) is 24.6 Å². The average molecular weight is 339 g/mol. The minimum Gasteiger partial charge on any atom is -0.478 e. The number of carboxylic acids is 1. The number of carboxylic acid groups (broad SMARTS) is 1. The largest absolute Gasteiger partial charge is 0.478 e. The predicted octanol–water partition coefficient (Wildman–Crippen LogP) is 5.58. The van der Waals surface area contributed by atoms with Crippen LogP contribution in [0.3, 0.4) is 0 Å². The Morgan fingerprint density at radius 1 is 0.846 bits per heavy atom. The Morgan fingerprint density at radius 3 is 2.08 bits per heavy atom. The Bertz CT molecular complexity index is 1100. The number of rotatable bonds is 3. The van der Waals surface area contributed by atoms with E-state index >= 15 is 0 Å². The minimum absolute atomic E-state index is 0.295. The summed E-state index contributed by atoms with van der Waals surface area (Å²) in [6.07, 6.45) is 0. The first-order valence-corrected chi connectivity index (χ1v) is 8.43. The molecule has 3 heteroatoms. The molecule has 0 atom stereocenters. The van der Waals surface area contributed by atoms with E-state index in [2.05, 4.69) is 0 Å². The monoisotopic (exact) mass is 339 g/mol. The molecular formula is C23H17NO2. The van der Waals surface area contributed by atoms with Gasteiger partial charge in [0, 0.05) is 16.5 Å². The second-order valence-corrected chi connectivity index (χ2v) is 6.27. The number of aryl methyl sites for hydroxylation is 1. The van der Waals surface area contributed by atoms with Crippen molar-refractivity contribution in [1.82, 2.24) is 4.98 Å². The lowest BCUT2D eigenvalue weighted by molar-refractivity contribution is 0.0700. The van der Waals surface area contributed by atoms with Gasteiger partial charge in [0.1, 0.15) is 0 Å². The van der Waals surface area contributed by atoms with Gasteiger partial charge in [-0.25, -0.2) is 9.78 Å². The summed E-state index contributed by atoms with van der Waals surface area (Å²) in [5, 5.41) is 10.7. The van der Waals surface area contributed by atoms with Crippen LogP contribution in [0, 0.1) is 6.92 Å². The Morgan fingerprint density at radius 2 is 1.46 bits per heavy atom. The van der Waals surface area contributed by atoms with Crippen LogP contribution in [0.25, 0.3) is 33.3 Å². The number of carbonyl (C=O) groups is 1. The van der Waals surface area contributed by atoms with E-state index in [-0.39, 0.29) is 0 Å². The van der Waals surface area contributed by atoms with E-state index in [0.29, 0.717) is 27.7 Å². The van der Waals surface area contributed by atoms with Crippen LogP contribution in [0.4, 0.5) is 0 Å². The molecule has 0 amide bonds. The van der Waals surface area contributed by atoms with Crippen molar-refractivity contribution in [3.05, 3.63) is 90.0 Å². The van der Waals surface area contributed by atoms with E-state index in [1.54, 1.807) is 0 Å². The third-order valence-corrected chi connectivity index (χ3v) is 4.46. The van der Waals surface area contributed by atoms with Crippen molar-refractivity contribution in [2.75, 3.05) is 0 Å². The second kappa shape index (κ2) is 6.45. The van der Waals surface area contributed by atoms with Crippen LogP contribution in [0.1, 0.15) is 15.9 Å². The summed E-state index contributed by atoms with van der Waals surface area (Å²) in [7, 11) is 0. The first-order chi connectivity index (χ1) is 12.6. The molecule has 0 saturated heterocycles. The summed E-state index contributed by atoms with van der Waals surface area (Å²) in [4.78, 5) is 17.1. The van der Waals surface area contributed by atoms with E-state index in [9.17, 15) is 9.90 Å². The molecule has 1 aromatic heterocycles. The van der Waals surface area contributed by atoms with Crippen molar-refractivity contribution >= 4 is 16.9 Å². The smallest absolute Gasteiger partial charge is 0.337 e. The van der Waals surface area contributed by atoms with Crippen molar-refractivity contribution in [3.63, 3.8) is 0 Å². The first-order valence-electron chi connectivity index (χ1n) is 8.43. The number of aromatic carboxylic acids is 1. The fourth-order valence-electron chi connectivity index (χ4n) is 3.29. The fourth-order valence-corrected chi connectivity index (χ4v) is 3.29. The zero-order valence-corrected chi connectivity index (χ0v) is 14.3. The van der Waals surface area contributed by atoms with Crippen molar-refractivity contribution in [2.45, 2.75) is 6.92 Å². The van der Waals surface area contributed by atoms with Crippen molar-refractivity contribution < 1.29 is 9.90 Å². The van der Waals surface area contributed by atoms with Gasteiger partial charge in [-0.2, -0.15) is 0 Å². The van der Waals surface area contributed by atoms with E-state index < -0.39 is 5.97 Å². The van der Waals surface area contributed by atoms with Crippen LogP contribution in [-0.4, -0.2) is 16.1 Å². The maximum absolute atomic E-state index is 12.3. The molecule has 0 spiro atoms. The molecule has 0 aliphatic carbocycles. The number of hydrogen-bond donors (Lipinski definition) is 1. The molecule has 1 N–H and O–H groups in total. The molecule has 4 aromatic rings. The van der Waals surface area contributed by atoms with Crippen LogP contribution in [0.2, 0.25) is 0 Å². The lowest BCUT2D eigenvalue weighted by atomic mass is 9.91.